The van der Waals surface area contributed by atoms with Gasteiger partial charge in [-0.15, -0.1) is 0 Å². The minimum absolute atomic E-state index is 0.0930. The maximum absolute atomic E-state index is 13.0. The molecule has 0 spiro atoms. The SMILES string of the molecule is CC(NCC(F)(F)CO)c1ccc2ccccc2c1O. The van der Waals surface area contributed by atoms with Gasteiger partial charge >= 0.3 is 0 Å². The van der Waals surface area contributed by atoms with Crippen molar-refractivity contribution >= 4 is 10.8 Å². The number of hydrogen-bond donors (Lipinski definition) is 3. The number of hydrogen-bond acceptors (Lipinski definition) is 3. The summed E-state index contributed by atoms with van der Waals surface area (Å²) in [6.45, 7) is -0.148. The Balaban J connectivity index is 2.22. The fourth-order valence-electron chi connectivity index (χ4n) is 2.09. The highest BCUT2D eigenvalue weighted by atomic mass is 19.3. The van der Waals surface area contributed by atoms with Crippen LogP contribution in [0.25, 0.3) is 10.8 Å². The monoisotopic (exact) mass is 281 g/mol. The van der Waals surface area contributed by atoms with Crippen LogP contribution in [0.3, 0.4) is 0 Å². The lowest BCUT2D eigenvalue weighted by atomic mass is 10.0. The highest BCUT2D eigenvalue weighted by molar-refractivity contribution is 5.89. The molecule has 1 atom stereocenters. The summed E-state index contributed by atoms with van der Waals surface area (Å²) in [5, 5.41) is 23.0. The normalized spacial score (nSPS) is 13.6. The molecular weight excluding hydrogens is 264 g/mol. The highest BCUT2D eigenvalue weighted by Crippen LogP contribution is 2.32. The summed E-state index contributed by atoms with van der Waals surface area (Å²) < 4.78 is 26.0. The maximum Gasteiger partial charge on any atom is 0.282 e. The molecule has 0 saturated carbocycles. The van der Waals surface area contributed by atoms with Crippen molar-refractivity contribution in [2.45, 2.75) is 18.9 Å². The molecule has 0 saturated heterocycles. The molecule has 0 heterocycles. The molecule has 0 aliphatic heterocycles. The Morgan fingerprint density at radius 3 is 2.60 bits per heavy atom. The first-order valence-electron chi connectivity index (χ1n) is 6.37. The van der Waals surface area contributed by atoms with Crippen LogP contribution >= 0.6 is 0 Å². The molecule has 0 bridgehead atoms. The number of fused-ring (bicyclic) bond motifs is 1. The van der Waals surface area contributed by atoms with E-state index in [1.807, 2.05) is 24.3 Å². The Morgan fingerprint density at radius 1 is 1.20 bits per heavy atom. The van der Waals surface area contributed by atoms with Crippen LogP contribution in [0.2, 0.25) is 0 Å². The Kier molecular flexibility index (Phi) is 4.20. The number of halogens is 2. The molecule has 0 radical (unpaired) electrons. The van der Waals surface area contributed by atoms with E-state index in [0.717, 1.165) is 5.39 Å². The summed E-state index contributed by atoms with van der Waals surface area (Å²) in [7, 11) is 0. The lowest BCUT2D eigenvalue weighted by Crippen LogP contribution is -2.37. The number of phenols is 1. The summed E-state index contributed by atoms with van der Waals surface area (Å²) in [5.41, 5.74) is 0.553. The predicted molar refractivity (Wildman–Crippen MR) is 74.1 cm³/mol. The van der Waals surface area contributed by atoms with E-state index < -0.39 is 25.1 Å². The molecule has 3 nitrogen and oxygen atoms in total. The van der Waals surface area contributed by atoms with E-state index in [-0.39, 0.29) is 5.75 Å². The molecule has 2 aromatic carbocycles. The molecular formula is C15H17F2NO2. The zero-order valence-corrected chi connectivity index (χ0v) is 11.1. The first-order chi connectivity index (χ1) is 9.44. The van der Waals surface area contributed by atoms with Crippen LogP contribution in [0.4, 0.5) is 8.78 Å². The summed E-state index contributed by atoms with van der Waals surface area (Å²) >= 11 is 0. The maximum atomic E-state index is 13.0. The Morgan fingerprint density at radius 2 is 1.90 bits per heavy atom. The van der Waals surface area contributed by atoms with Gasteiger partial charge in [0.25, 0.3) is 5.92 Å². The third kappa shape index (κ3) is 3.05. The molecule has 3 N–H and O–H groups in total. The van der Waals surface area contributed by atoms with Gasteiger partial charge in [0.2, 0.25) is 0 Å². The van der Waals surface area contributed by atoms with Gasteiger partial charge in [-0.2, -0.15) is 0 Å². The number of nitrogens with one attached hydrogen (secondary N) is 1. The number of rotatable bonds is 5. The molecule has 0 fully saturated rings. The van der Waals surface area contributed by atoms with Crippen LogP contribution in [0.1, 0.15) is 18.5 Å². The third-order valence-electron chi connectivity index (χ3n) is 3.30. The van der Waals surface area contributed by atoms with Crippen LogP contribution in [-0.2, 0) is 0 Å². The summed E-state index contributed by atoms with van der Waals surface area (Å²) in [6, 6.07) is 10.4. The average molecular weight is 281 g/mol. The van der Waals surface area contributed by atoms with Crippen LogP contribution in [0, 0.1) is 0 Å². The average Bonchev–Trinajstić information content (AvgIpc) is 2.45. The first-order valence-corrected chi connectivity index (χ1v) is 6.37. The van der Waals surface area contributed by atoms with Crippen molar-refractivity contribution in [3.63, 3.8) is 0 Å². The van der Waals surface area contributed by atoms with Gasteiger partial charge in [0.05, 0.1) is 6.54 Å². The number of alkyl halides is 2. The van der Waals surface area contributed by atoms with Crippen LogP contribution in [0.5, 0.6) is 5.75 Å². The van der Waals surface area contributed by atoms with Gasteiger partial charge in [0, 0.05) is 17.0 Å². The Hall–Kier alpha value is -1.72. The van der Waals surface area contributed by atoms with E-state index in [4.69, 9.17) is 5.11 Å². The second-order valence-electron chi connectivity index (χ2n) is 4.84. The van der Waals surface area contributed by atoms with Crippen LogP contribution < -0.4 is 5.32 Å². The summed E-state index contributed by atoms with van der Waals surface area (Å²) in [4.78, 5) is 0. The molecule has 1 unspecified atom stereocenters. The van der Waals surface area contributed by atoms with Crippen molar-refractivity contribution in [3.05, 3.63) is 42.0 Å². The molecule has 0 aromatic heterocycles. The van der Waals surface area contributed by atoms with Crippen molar-refractivity contribution in [3.8, 4) is 5.75 Å². The fourth-order valence-corrected chi connectivity index (χ4v) is 2.09. The van der Waals surface area contributed by atoms with Gasteiger partial charge in [0.15, 0.2) is 0 Å². The van der Waals surface area contributed by atoms with E-state index in [9.17, 15) is 13.9 Å². The van der Waals surface area contributed by atoms with Crippen molar-refractivity contribution < 1.29 is 19.0 Å². The molecule has 20 heavy (non-hydrogen) atoms. The number of aliphatic hydroxyl groups is 1. The second kappa shape index (κ2) is 5.73. The second-order valence-corrected chi connectivity index (χ2v) is 4.84. The van der Waals surface area contributed by atoms with Gasteiger partial charge in [-0.1, -0.05) is 36.4 Å². The van der Waals surface area contributed by atoms with Crippen molar-refractivity contribution in [2.75, 3.05) is 13.2 Å². The summed E-state index contributed by atoms with van der Waals surface area (Å²) in [5.74, 6) is -3.07. The van der Waals surface area contributed by atoms with Crippen molar-refractivity contribution in [1.29, 1.82) is 0 Å². The van der Waals surface area contributed by atoms with Crippen molar-refractivity contribution in [2.24, 2.45) is 0 Å². The molecule has 0 aliphatic rings. The molecule has 5 heteroatoms. The number of aliphatic hydroxyl groups excluding tert-OH is 1. The fraction of sp³-hybridized carbons (Fsp3) is 0.333. The van der Waals surface area contributed by atoms with E-state index in [1.54, 1.807) is 19.1 Å². The number of aromatic hydroxyl groups is 1. The largest absolute Gasteiger partial charge is 0.507 e. The third-order valence-corrected chi connectivity index (χ3v) is 3.30. The zero-order chi connectivity index (χ0) is 14.8. The van der Waals surface area contributed by atoms with Gasteiger partial charge in [0.1, 0.15) is 12.4 Å². The van der Waals surface area contributed by atoms with Gasteiger partial charge in [-0.25, -0.2) is 8.78 Å². The Labute approximate surface area is 115 Å². The van der Waals surface area contributed by atoms with Crippen molar-refractivity contribution in [1.82, 2.24) is 5.32 Å². The topological polar surface area (TPSA) is 52.5 Å². The lowest BCUT2D eigenvalue weighted by Gasteiger charge is -2.20. The van der Waals surface area contributed by atoms with Gasteiger partial charge in [-0.3, -0.25) is 0 Å². The molecule has 2 aromatic rings. The lowest BCUT2D eigenvalue weighted by molar-refractivity contribution is -0.0491. The molecule has 2 rings (SSSR count). The smallest absolute Gasteiger partial charge is 0.282 e. The quantitative estimate of drug-likeness (QED) is 0.790. The van der Waals surface area contributed by atoms with E-state index in [0.29, 0.717) is 10.9 Å². The van der Waals surface area contributed by atoms with Gasteiger partial charge in [-0.05, 0) is 12.3 Å². The minimum Gasteiger partial charge on any atom is -0.507 e. The summed E-state index contributed by atoms with van der Waals surface area (Å²) in [6.07, 6.45) is 0. The Bertz CT molecular complexity index is 601. The van der Waals surface area contributed by atoms with Crippen LogP contribution in [0.15, 0.2) is 36.4 Å². The number of phenolic OH excluding ortho intramolecular Hbond substituents is 1. The molecule has 0 aliphatic carbocycles. The van der Waals surface area contributed by atoms with E-state index >= 15 is 0 Å². The first kappa shape index (κ1) is 14.7. The molecule has 0 amide bonds. The van der Waals surface area contributed by atoms with Crippen LogP contribution in [-0.4, -0.2) is 29.3 Å². The van der Waals surface area contributed by atoms with E-state index in [1.165, 1.54) is 0 Å². The minimum atomic E-state index is -3.17. The van der Waals surface area contributed by atoms with Gasteiger partial charge < -0.3 is 15.5 Å². The highest BCUT2D eigenvalue weighted by Gasteiger charge is 2.28. The predicted octanol–water partition coefficient (Wildman–Crippen LogP) is 2.82. The zero-order valence-electron chi connectivity index (χ0n) is 11.1. The molecule has 108 valence electrons. The number of benzene rings is 2. The standard InChI is InChI=1S/C15H17F2NO2/c1-10(18-8-15(16,17)9-19)12-7-6-11-4-2-3-5-13(11)14(12)20/h2-7,10,18-20H,8-9H2,1H3. The van der Waals surface area contributed by atoms with E-state index in [2.05, 4.69) is 5.32 Å².